The Morgan fingerprint density at radius 1 is 1.36 bits per heavy atom. The number of hydrogen-bond donors (Lipinski definition) is 2. The molecule has 0 bridgehead atoms. The molecule has 1 saturated carbocycles. The lowest BCUT2D eigenvalue weighted by Gasteiger charge is -2.24. The Morgan fingerprint density at radius 3 is 2.82 bits per heavy atom. The molecule has 2 fully saturated rings. The molecule has 5 nitrogen and oxygen atoms in total. The van der Waals surface area contributed by atoms with Crippen molar-refractivity contribution < 1.29 is 5.11 Å². The van der Waals surface area contributed by atoms with E-state index in [1.165, 1.54) is 43.4 Å². The summed E-state index contributed by atoms with van der Waals surface area (Å²) in [7, 11) is 4.20. The van der Waals surface area contributed by atoms with Crippen LogP contribution in [0.25, 0.3) is 0 Å². The quantitative estimate of drug-likeness (QED) is 0.868. The molecule has 0 aromatic carbocycles. The van der Waals surface area contributed by atoms with Gasteiger partial charge in [0.2, 0.25) is 0 Å². The fraction of sp³-hybridized carbons (Fsp3) is 0.824. The lowest BCUT2D eigenvalue weighted by molar-refractivity contribution is 0.189. The van der Waals surface area contributed by atoms with Crippen LogP contribution in [-0.2, 0) is 13.6 Å². The highest BCUT2D eigenvalue weighted by atomic mass is 16.3. The molecule has 1 aliphatic heterocycles. The van der Waals surface area contributed by atoms with Gasteiger partial charge in [0.25, 0.3) is 0 Å². The molecule has 2 N–H and O–H groups in total. The molecule has 5 heteroatoms. The summed E-state index contributed by atoms with van der Waals surface area (Å²) in [5, 5.41) is 17.8. The average molecular weight is 306 g/mol. The van der Waals surface area contributed by atoms with Crippen LogP contribution in [0.3, 0.4) is 0 Å². The summed E-state index contributed by atoms with van der Waals surface area (Å²) >= 11 is 0. The van der Waals surface area contributed by atoms with Crippen LogP contribution in [0.4, 0.5) is 0 Å². The van der Waals surface area contributed by atoms with E-state index >= 15 is 0 Å². The van der Waals surface area contributed by atoms with Gasteiger partial charge in [-0.3, -0.25) is 4.68 Å². The SMILES string of the molecule is CN(Cc1cn(C)nc1C1CCCCC1)C[C@@H]1C[C@@H](O)CN1. The lowest BCUT2D eigenvalue weighted by Crippen LogP contribution is -2.35. The topological polar surface area (TPSA) is 53.3 Å². The number of nitrogens with zero attached hydrogens (tertiary/aromatic N) is 3. The van der Waals surface area contributed by atoms with E-state index in [1.807, 2.05) is 11.7 Å². The van der Waals surface area contributed by atoms with Gasteiger partial charge in [0.15, 0.2) is 0 Å². The van der Waals surface area contributed by atoms with Gasteiger partial charge in [-0.15, -0.1) is 0 Å². The summed E-state index contributed by atoms with van der Waals surface area (Å²) in [6, 6.07) is 0.412. The van der Waals surface area contributed by atoms with Crippen molar-refractivity contribution in [2.24, 2.45) is 7.05 Å². The first kappa shape index (κ1) is 16.0. The molecule has 1 aromatic heterocycles. The van der Waals surface area contributed by atoms with E-state index in [9.17, 15) is 5.11 Å². The maximum absolute atomic E-state index is 9.63. The highest BCUT2D eigenvalue weighted by molar-refractivity contribution is 5.21. The predicted octanol–water partition coefficient (Wildman–Crippen LogP) is 1.62. The second-order valence-electron chi connectivity index (χ2n) is 7.24. The van der Waals surface area contributed by atoms with Crippen molar-refractivity contribution in [2.75, 3.05) is 20.1 Å². The Bertz CT molecular complexity index is 481. The van der Waals surface area contributed by atoms with Crippen molar-refractivity contribution in [3.63, 3.8) is 0 Å². The van der Waals surface area contributed by atoms with Crippen molar-refractivity contribution in [2.45, 2.75) is 63.1 Å². The number of rotatable bonds is 5. The van der Waals surface area contributed by atoms with Crippen molar-refractivity contribution in [1.29, 1.82) is 0 Å². The Morgan fingerprint density at radius 2 is 2.14 bits per heavy atom. The fourth-order valence-corrected chi connectivity index (χ4v) is 4.06. The molecule has 2 aliphatic rings. The number of β-amino-alcohol motifs (C(OH)–C–C–N with tert-alkyl or cyclic N) is 1. The molecule has 1 saturated heterocycles. The lowest BCUT2D eigenvalue weighted by atomic mass is 9.85. The molecule has 1 aliphatic carbocycles. The zero-order chi connectivity index (χ0) is 15.5. The summed E-state index contributed by atoms with van der Waals surface area (Å²) in [5.41, 5.74) is 2.71. The van der Waals surface area contributed by atoms with Crippen LogP contribution in [0.15, 0.2) is 6.20 Å². The standard InChI is InChI=1S/C17H30N4O/c1-20(12-15-8-16(22)9-18-15)10-14-11-21(2)19-17(14)13-6-4-3-5-7-13/h11,13,15-16,18,22H,3-10,12H2,1-2H3/t15-,16+/m0/s1. The minimum atomic E-state index is -0.172. The molecule has 124 valence electrons. The molecule has 0 unspecified atom stereocenters. The van der Waals surface area contributed by atoms with E-state index in [1.54, 1.807) is 0 Å². The van der Waals surface area contributed by atoms with Gasteiger partial charge in [-0.1, -0.05) is 19.3 Å². The number of likely N-dealkylation sites (N-methyl/N-ethyl adjacent to an activating group) is 1. The van der Waals surface area contributed by atoms with Crippen LogP contribution in [0.5, 0.6) is 0 Å². The molecular weight excluding hydrogens is 276 g/mol. The van der Waals surface area contributed by atoms with Gasteiger partial charge in [0.05, 0.1) is 11.8 Å². The fourth-order valence-electron chi connectivity index (χ4n) is 4.06. The number of hydrogen-bond acceptors (Lipinski definition) is 4. The van der Waals surface area contributed by atoms with Gasteiger partial charge in [-0.25, -0.2) is 0 Å². The van der Waals surface area contributed by atoms with E-state index in [0.717, 1.165) is 26.1 Å². The predicted molar refractivity (Wildman–Crippen MR) is 87.8 cm³/mol. The van der Waals surface area contributed by atoms with Crippen LogP contribution in [0.2, 0.25) is 0 Å². The molecule has 22 heavy (non-hydrogen) atoms. The minimum Gasteiger partial charge on any atom is -0.392 e. The summed E-state index contributed by atoms with van der Waals surface area (Å²) in [4.78, 5) is 2.36. The van der Waals surface area contributed by atoms with Gasteiger partial charge in [-0.05, 0) is 26.3 Å². The van der Waals surface area contributed by atoms with Gasteiger partial charge in [-0.2, -0.15) is 5.10 Å². The van der Waals surface area contributed by atoms with E-state index in [4.69, 9.17) is 5.10 Å². The first-order chi connectivity index (χ1) is 10.6. The molecule has 0 amide bonds. The summed E-state index contributed by atoms with van der Waals surface area (Å²) in [6.45, 7) is 2.67. The first-order valence-electron chi connectivity index (χ1n) is 8.74. The third-order valence-corrected chi connectivity index (χ3v) is 5.10. The van der Waals surface area contributed by atoms with Gasteiger partial charge >= 0.3 is 0 Å². The maximum Gasteiger partial charge on any atom is 0.0700 e. The van der Waals surface area contributed by atoms with Crippen LogP contribution in [0.1, 0.15) is 55.7 Å². The van der Waals surface area contributed by atoms with E-state index < -0.39 is 0 Å². The second kappa shape index (κ2) is 7.11. The monoisotopic (exact) mass is 306 g/mol. The molecule has 3 rings (SSSR count). The van der Waals surface area contributed by atoms with Crippen molar-refractivity contribution in [1.82, 2.24) is 20.0 Å². The van der Waals surface area contributed by atoms with Gasteiger partial charge < -0.3 is 15.3 Å². The van der Waals surface area contributed by atoms with Crippen LogP contribution >= 0.6 is 0 Å². The summed E-state index contributed by atoms with van der Waals surface area (Å²) in [5.74, 6) is 0.657. The number of aryl methyl sites for hydroxylation is 1. The Hall–Kier alpha value is -0.910. The van der Waals surface area contributed by atoms with Crippen LogP contribution in [-0.4, -0.2) is 52.1 Å². The summed E-state index contributed by atoms with van der Waals surface area (Å²) in [6.07, 6.45) is 9.56. The largest absolute Gasteiger partial charge is 0.392 e. The van der Waals surface area contributed by atoms with Crippen molar-refractivity contribution >= 4 is 0 Å². The van der Waals surface area contributed by atoms with E-state index in [0.29, 0.717) is 12.0 Å². The Labute approximate surface area is 133 Å². The highest BCUT2D eigenvalue weighted by Crippen LogP contribution is 2.33. The zero-order valence-corrected chi connectivity index (χ0v) is 14.0. The first-order valence-corrected chi connectivity index (χ1v) is 8.74. The van der Waals surface area contributed by atoms with Gasteiger partial charge in [0.1, 0.15) is 0 Å². The van der Waals surface area contributed by atoms with Gasteiger partial charge in [0, 0.05) is 50.4 Å². The highest BCUT2D eigenvalue weighted by Gasteiger charge is 2.25. The average Bonchev–Trinajstić information content (AvgIpc) is 3.06. The number of aliphatic hydroxyl groups is 1. The third-order valence-electron chi connectivity index (χ3n) is 5.10. The number of aliphatic hydroxyl groups excluding tert-OH is 1. The molecule has 0 radical (unpaired) electrons. The van der Waals surface area contributed by atoms with Crippen LogP contribution in [0, 0.1) is 0 Å². The third kappa shape index (κ3) is 3.89. The minimum absolute atomic E-state index is 0.172. The smallest absolute Gasteiger partial charge is 0.0700 e. The van der Waals surface area contributed by atoms with Crippen molar-refractivity contribution in [3.8, 4) is 0 Å². The maximum atomic E-state index is 9.63. The Kier molecular flexibility index (Phi) is 5.16. The molecule has 1 aromatic rings. The van der Waals surface area contributed by atoms with E-state index in [2.05, 4.69) is 23.5 Å². The summed E-state index contributed by atoms with van der Waals surface area (Å²) < 4.78 is 1.98. The second-order valence-corrected chi connectivity index (χ2v) is 7.24. The van der Waals surface area contributed by atoms with E-state index in [-0.39, 0.29) is 6.10 Å². The number of aromatic nitrogens is 2. The normalized spacial score (nSPS) is 26.9. The zero-order valence-electron chi connectivity index (χ0n) is 14.0. The van der Waals surface area contributed by atoms with Crippen molar-refractivity contribution in [3.05, 3.63) is 17.5 Å². The molecular formula is C17H30N4O. The molecule has 0 spiro atoms. The van der Waals surface area contributed by atoms with Crippen LogP contribution < -0.4 is 5.32 Å². The molecule has 2 heterocycles. The Balaban J connectivity index is 1.61. The molecule has 2 atom stereocenters. The number of nitrogens with one attached hydrogen (secondary N) is 1.